The zero-order chi connectivity index (χ0) is 106. The fourth-order valence-electron chi connectivity index (χ4n) is 20.8. The van der Waals surface area contributed by atoms with E-state index in [2.05, 4.69) is 60.9 Å². The smallest absolute Gasteiger partial charge is 0.254 e. The molecule has 39 heteroatoms. The molecule has 9 N–H and O–H groups in total. The molecular formula is C111H113N13O26. The number of hydrogen-bond donors (Lipinski definition) is 9. The molecule has 150 heavy (non-hydrogen) atoms. The van der Waals surface area contributed by atoms with Gasteiger partial charge in [0.1, 0.15) is 90.0 Å². The molecule has 21 rings (SSSR count). The maximum Gasteiger partial charge on any atom is 0.254 e. The molecule has 6 atom stereocenters. The number of furan rings is 4. The van der Waals surface area contributed by atoms with Gasteiger partial charge in [-0.1, -0.05) is 68.4 Å². The second-order valence-corrected chi connectivity index (χ2v) is 39.2. The Hall–Kier alpha value is -16.5. The highest BCUT2D eigenvalue weighted by Gasteiger charge is 2.58. The van der Waals surface area contributed by atoms with E-state index in [1.807, 2.05) is 24.3 Å². The first-order valence-corrected chi connectivity index (χ1v) is 49.6. The van der Waals surface area contributed by atoms with Gasteiger partial charge in [-0.15, -0.1) is 0 Å². The van der Waals surface area contributed by atoms with Gasteiger partial charge in [-0.2, -0.15) is 0 Å². The summed E-state index contributed by atoms with van der Waals surface area (Å²) in [6, 6.07) is 47.5. The number of amides is 15. The van der Waals surface area contributed by atoms with E-state index in [1.165, 1.54) is 46.2 Å². The van der Waals surface area contributed by atoms with Gasteiger partial charge in [0.2, 0.25) is 47.3 Å². The number of ether oxygens (including phenoxy) is 4. The van der Waals surface area contributed by atoms with Crippen LogP contribution >= 0.6 is 0 Å². The van der Waals surface area contributed by atoms with Gasteiger partial charge in [0.05, 0.1) is 66.8 Å². The Morgan fingerprint density at radius 1 is 0.400 bits per heavy atom. The Kier molecular flexibility index (Phi) is 29.5. The normalized spacial score (nSPS) is 19.9. The van der Waals surface area contributed by atoms with Crippen molar-refractivity contribution >= 4 is 138 Å². The van der Waals surface area contributed by atoms with E-state index >= 15 is 0 Å². The SMILES string of the molecule is CCN(CC)CCNC(=O)c1ccc2cc([C@]3(CN4Cc5ccc(OC)cc5C4=O)CC(=O)NC3=O)oc2c1.COc1ccc2c(c1)C(=O)N(C[C@@]1(c3cc4ccc(C(=O)CC[C@@H](C)O)cc4o3)CC(=O)NC1=O)C2.COc1ccc2c(c1)C(=O)N(C[C@@]1(c3cc4ccc(C(=O)NCCN5CCCC5)cc4o3)CC(=O)NC1=O)C2.COc1ccc2c(c1)C(=O)N(C[C@@]1(c3cc4ccc(C(=O)N[C@@H](C)CO)cc4o3)CC(=O)NC1=O)C2. The van der Waals surface area contributed by atoms with Crippen LogP contribution in [0.4, 0.5) is 0 Å². The van der Waals surface area contributed by atoms with Gasteiger partial charge >= 0.3 is 0 Å². The van der Waals surface area contributed by atoms with E-state index in [-0.39, 0.29) is 142 Å². The van der Waals surface area contributed by atoms with Crippen molar-refractivity contribution in [2.24, 2.45) is 0 Å². The molecule has 0 aliphatic carbocycles. The molecule has 8 aromatic carbocycles. The van der Waals surface area contributed by atoms with E-state index in [4.69, 9.17) is 36.6 Å². The molecule has 5 fully saturated rings. The van der Waals surface area contributed by atoms with Crippen molar-refractivity contribution in [3.63, 3.8) is 0 Å². The number of fused-ring (bicyclic) bond motifs is 8. The van der Waals surface area contributed by atoms with Gasteiger partial charge in [0, 0.05) is 157 Å². The summed E-state index contributed by atoms with van der Waals surface area (Å²) >= 11 is 0. The molecule has 39 nitrogen and oxygen atoms in total. The number of rotatable bonds is 33. The Morgan fingerprint density at radius 2 is 0.700 bits per heavy atom. The predicted octanol–water partition coefficient (Wildman–Crippen LogP) is 8.88. The molecular weight excluding hydrogens is 1930 g/mol. The minimum absolute atomic E-state index is 0.0237. The Morgan fingerprint density at radius 3 is 0.987 bits per heavy atom. The highest BCUT2D eigenvalue weighted by atomic mass is 16.5. The lowest BCUT2D eigenvalue weighted by molar-refractivity contribution is -0.128. The number of ketones is 1. The molecule has 0 saturated carbocycles. The summed E-state index contributed by atoms with van der Waals surface area (Å²) in [5.74, 6) is -2.45. The van der Waals surface area contributed by atoms with Crippen LogP contribution in [0.15, 0.2) is 188 Å². The average molecular weight is 2050 g/mol. The maximum atomic E-state index is 13.3. The third kappa shape index (κ3) is 20.6. The zero-order valence-electron chi connectivity index (χ0n) is 83.9. The van der Waals surface area contributed by atoms with E-state index in [0.29, 0.717) is 151 Å². The second-order valence-electron chi connectivity index (χ2n) is 39.2. The predicted molar refractivity (Wildman–Crippen MR) is 541 cm³/mol. The fraction of sp³-hybridized carbons (Fsp3) is 0.351. The molecule has 15 amide bonds. The molecule has 5 saturated heterocycles. The largest absolute Gasteiger partial charge is 0.497 e. The highest BCUT2D eigenvalue weighted by Crippen LogP contribution is 2.46. The number of hydrogen-bond acceptors (Lipinski definition) is 28. The van der Waals surface area contributed by atoms with Crippen molar-refractivity contribution in [3.05, 3.63) is 260 Å². The molecule has 9 aliphatic heterocycles. The van der Waals surface area contributed by atoms with Gasteiger partial charge in [0.15, 0.2) is 5.78 Å². The van der Waals surface area contributed by atoms with Gasteiger partial charge in [0.25, 0.3) is 41.4 Å². The van der Waals surface area contributed by atoms with Crippen LogP contribution in [0.25, 0.3) is 43.9 Å². The first kappa shape index (κ1) is 103. The lowest BCUT2D eigenvalue weighted by Crippen LogP contribution is -2.46. The number of benzene rings is 8. The van der Waals surface area contributed by atoms with Gasteiger partial charge in [-0.25, -0.2) is 0 Å². The van der Waals surface area contributed by atoms with Gasteiger partial charge < -0.3 is 92.2 Å². The van der Waals surface area contributed by atoms with E-state index in [1.54, 1.807) is 174 Å². The van der Waals surface area contributed by atoms with Gasteiger partial charge in [-0.05, 0) is 197 Å². The van der Waals surface area contributed by atoms with Crippen LogP contribution in [-0.4, -0.2) is 260 Å². The Labute approximate surface area is 859 Å². The highest BCUT2D eigenvalue weighted by molar-refractivity contribution is 6.14. The van der Waals surface area contributed by atoms with Crippen molar-refractivity contribution in [2.45, 2.75) is 139 Å². The standard InChI is InChI=1S/C29H30N4O6.C29H32N4O6.C27H26N2O7.C26H25N3O7/c1-38-21-7-6-20-16-33(27(36)22(20)14-21)17-29(15-25(34)31-28(29)37)24-13-18-4-5-19(12-23(18)39-24)26(35)30-8-11-32-9-2-3-10-32;1-4-32(5-2)11-10-30-26(35)19-7-6-18-13-24(39-23(18)12-19)29(15-25(34)31-28(29)37)17-33-16-20-8-9-21(38-3)14-22(20)27(33)36;1-15(30)3-8-21(31)16-4-5-17-10-23(36-22(17)9-16)27(12-24(32)28-26(27)34)14-29-13-18-6-7-19(35-2)11-20(18)25(29)33;1-14(12-30)27-23(32)16-4-3-15-8-21(36-20(15)7-16)26(10-22(31)28-25(26)34)13-29-11-17-5-6-18(35-2)9-19(17)24(29)33/h4-7,12-14H,2-3,8-11,15-17H2,1H3,(H,30,35)(H,31,34,37);6-9,12-14H,4-5,10-11,15-17H2,1-3H3,(H,30,35)(H,31,34,37);4-7,9-11,15,30H,3,8,12-14H2,1-2H3,(H,28,32,34);3-9,14,30H,10-13H2,1-2H3,(H,27,32)(H,28,31,34)/t2*29-;15-,27-;14-,26+/m1110/s1. The molecule has 0 radical (unpaired) electrons. The number of imide groups is 4. The number of nitrogens with one attached hydrogen (secondary N) is 7. The summed E-state index contributed by atoms with van der Waals surface area (Å²) in [6.45, 7) is 14.9. The fourth-order valence-corrected chi connectivity index (χ4v) is 20.8. The van der Waals surface area contributed by atoms with Gasteiger partial charge in [-0.3, -0.25) is 98.0 Å². The van der Waals surface area contributed by atoms with E-state index < -0.39 is 81.1 Å². The van der Waals surface area contributed by atoms with Crippen LogP contribution in [0.2, 0.25) is 0 Å². The molecule has 12 aromatic rings. The van der Waals surface area contributed by atoms with Crippen molar-refractivity contribution in [2.75, 3.05) is 114 Å². The number of aliphatic hydroxyl groups excluding tert-OH is 2. The maximum absolute atomic E-state index is 13.3. The topological polar surface area (TPSA) is 507 Å². The van der Waals surface area contributed by atoms with E-state index in [9.17, 15) is 86.9 Å². The summed E-state index contributed by atoms with van der Waals surface area (Å²) < 4.78 is 45.4. The molecule has 0 bridgehead atoms. The molecule has 778 valence electrons. The van der Waals surface area contributed by atoms with Crippen LogP contribution in [0, 0.1) is 0 Å². The zero-order valence-corrected chi connectivity index (χ0v) is 83.9. The van der Waals surface area contributed by atoms with Crippen LogP contribution in [0.5, 0.6) is 23.0 Å². The van der Waals surface area contributed by atoms with E-state index in [0.717, 1.165) is 61.5 Å². The lowest BCUT2D eigenvalue weighted by Gasteiger charge is -2.28. The van der Waals surface area contributed by atoms with Crippen LogP contribution < -0.4 is 56.2 Å². The van der Waals surface area contributed by atoms with Crippen molar-refractivity contribution < 1.29 is 124 Å². The lowest BCUT2D eigenvalue weighted by atomic mass is 9.82. The molecule has 13 heterocycles. The molecule has 0 spiro atoms. The monoisotopic (exact) mass is 2040 g/mol. The minimum Gasteiger partial charge on any atom is -0.497 e. The summed E-state index contributed by atoms with van der Waals surface area (Å²) in [6.07, 6.45) is 1.75. The summed E-state index contributed by atoms with van der Waals surface area (Å²) in [5, 5.41) is 39.4. The van der Waals surface area contributed by atoms with Crippen molar-refractivity contribution in [1.29, 1.82) is 0 Å². The number of Topliss-reactive ketones (excluding diaryl/α,β-unsaturated/α-hetero) is 1. The third-order valence-electron chi connectivity index (χ3n) is 29.3. The van der Waals surface area contributed by atoms with Crippen molar-refractivity contribution in [3.8, 4) is 23.0 Å². The molecule has 0 unspecified atom stereocenters. The Bertz CT molecular complexity index is 7300. The summed E-state index contributed by atoms with van der Waals surface area (Å²) in [4.78, 5) is 216. The number of nitrogens with zero attached hydrogens (tertiary/aromatic N) is 6. The number of aliphatic hydroxyl groups is 2. The number of likely N-dealkylation sites (tertiary alicyclic amines) is 1. The summed E-state index contributed by atoms with van der Waals surface area (Å²) in [5.41, 5.74) is 2.97. The number of methoxy groups -OCH3 is 4. The number of likely N-dealkylation sites (N-methyl/N-ethyl adjacent to an activating group) is 1. The molecule has 9 aliphatic rings. The third-order valence-corrected chi connectivity index (χ3v) is 29.3. The quantitative estimate of drug-likeness (QED) is 0.0137. The van der Waals surface area contributed by atoms with Crippen LogP contribution in [0.1, 0.15) is 207 Å². The number of carbonyl (C=O) groups is 16. The molecule has 4 aromatic heterocycles. The Balaban J connectivity index is 0.000000131. The number of carbonyl (C=O) groups excluding carboxylic acids is 16. The second kappa shape index (κ2) is 42.7. The van der Waals surface area contributed by atoms with Crippen LogP contribution in [0.3, 0.4) is 0 Å². The first-order valence-electron chi connectivity index (χ1n) is 49.6. The average Bonchev–Trinajstić information content (AvgIpc) is 1.60. The summed E-state index contributed by atoms with van der Waals surface area (Å²) in [7, 11) is 6.11. The van der Waals surface area contributed by atoms with Crippen LogP contribution in [-0.2, 0) is 86.2 Å². The minimum atomic E-state index is -1.41. The van der Waals surface area contributed by atoms with Crippen molar-refractivity contribution in [1.82, 2.24) is 66.6 Å². The first-order chi connectivity index (χ1) is 72.1.